The molecule has 0 N–H and O–H groups in total. The molecule has 1 fully saturated rings. The Labute approximate surface area is 228 Å². The summed E-state index contributed by atoms with van der Waals surface area (Å²) in [6.45, 7) is 19.1. The van der Waals surface area contributed by atoms with E-state index in [9.17, 15) is 4.79 Å². The Bertz CT molecular complexity index is 1270. The highest BCUT2D eigenvalue weighted by Crippen LogP contribution is 2.42. The van der Waals surface area contributed by atoms with Gasteiger partial charge in [0.2, 0.25) is 5.91 Å². The van der Waals surface area contributed by atoms with Crippen molar-refractivity contribution in [3.8, 4) is 17.0 Å². The van der Waals surface area contributed by atoms with Gasteiger partial charge >= 0.3 is 0 Å². The number of aromatic nitrogens is 3. The van der Waals surface area contributed by atoms with Crippen molar-refractivity contribution in [2.24, 2.45) is 0 Å². The van der Waals surface area contributed by atoms with E-state index in [1.807, 2.05) is 24.8 Å². The minimum absolute atomic E-state index is 0.0638. The van der Waals surface area contributed by atoms with Crippen molar-refractivity contribution in [3.05, 3.63) is 64.6 Å². The van der Waals surface area contributed by atoms with Crippen molar-refractivity contribution < 1.29 is 9.53 Å². The predicted octanol–water partition coefficient (Wildman–Crippen LogP) is 6.57. The monoisotopic (exact) mass is 516 g/mol. The lowest BCUT2D eigenvalue weighted by molar-refractivity contribution is -0.133. The molecule has 3 aromatic rings. The van der Waals surface area contributed by atoms with Crippen molar-refractivity contribution in [2.45, 2.75) is 91.5 Å². The fraction of sp³-hybridized carbons (Fsp3) is 0.531. The number of carbonyl (C=O) groups is 1. The Balaban J connectivity index is 1.55. The van der Waals surface area contributed by atoms with Crippen LogP contribution in [0.15, 0.2) is 36.4 Å². The third-order valence-electron chi connectivity index (χ3n) is 7.63. The van der Waals surface area contributed by atoms with Gasteiger partial charge in [-0.05, 0) is 67.9 Å². The molecular weight excluding hydrogens is 472 g/mol. The summed E-state index contributed by atoms with van der Waals surface area (Å²) in [7, 11) is 1.77. The van der Waals surface area contributed by atoms with Gasteiger partial charge in [-0.2, -0.15) is 5.10 Å². The van der Waals surface area contributed by atoms with E-state index < -0.39 is 0 Å². The van der Waals surface area contributed by atoms with Crippen molar-refractivity contribution in [1.29, 1.82) is 0 Å². The van der Waals surface area contributed by atoms with Crippen LogP contribution in [0.2, 0.25) is 0 Å². The third-order valence-corrected chi connectivity index (χ3v) is 7.63. The molecule has 0 aliphatic carbocycles. The lowest BCUT2D eigenvalue weighted by Gasteiger charge is -2.32. The number of rotatable bonds is 5. The van der Waals surface area contributed by atoms with Crippen molar-refractivity contribution in [3.63, 3.8) is 0 Å². The molecule has 6 heteroatoms. The molecule has 4 rings (SSSR count). The Hall–Kier alpha value is -3.15. The van der Waals surface area contributed by atoms with Gasteiger partial charge in [0, 0.05) is 47.1 Å². The summed E-state index contributed by atoms with van der Waals surface area (Å²) in [6.07, 6.45) is 1.84. The first-order valence-electron chi connectivity index (χ1n) is 13.8. The van der Waals surface area contributed by atoms with E-state index in [2.05, 4.69) is 77.0 Å². The number of methoxy groups -OCH3 is 1. The smallest absolute Gasteiger partial charge is 0.244 e. The molecule has 1 aliphatic rings. The highest BCUT2D eigenvalue weighted by atomic mass is 16.5. The zero-order chi connectivity index (χ0) is 27.8. The van der Waals surface area contributed by atoms with Crippen LogP contribution in [-0.4, -0.2) is 45.8 Å². The van der Waals surface area contributed by atoms with Crippen molar-refractivity contribution >= 4 is 5.91 Å². The van der Waals surface area contributed by atoms with Crippen LogP contribution in [0, 0.1) is 13.8 Å². The first-order valence-corrected chi connectivity index (χ1v) is 13.8. The van der Waals surface area contributed by atoms with Crippen LogP contribution in [0.5, 0.6) is 5.75 Å². The maximum atomic E-state index is 12.9. The predicted molar refractivity (Wildman–Crippen MR) is 154 cm³/mol. The topological polar surface area (TPSA) is 60.2 Å². The molecule has 1 aromatic carbocycles. The normalized spacial score (nSPS) is 15.1. The van der Waals surface area contributed by atoms with Gasteiger partial charge < -0.3 is 9.64 Å². The van der Waals surface area contributed by atoms with Crippen LogP contribution in [0.1, 0.15) is 88.5 Å². The number of piperidine rings is 1. The molecule has 38 heavy (non-hydrogen) atoms. The molecule has 0 radical (unpaired) electrons. The summed E-state index contributed by atoms with van der Waals surface area (Å²) in [5.41, 5.74) is 7.46. The number of hydrogen-bond donors (Lipinski definition) is 0. The van der Waals surface area contributed by atoms with Gasteiger partial charge in [-0.15, -0.1) is 0 Å². The van der Waals surface area contributed by atoms with E-state index >= 15 is 0 Å². The lowest BCUT2D eigenvalue weighted by atomic mass is 9.78. The molecule has 3 heterocycles. The average Bonchev–Trinajstić information content (AvgIpc) is 3.18. The molecule has 0 unspecified atom stereocenters. The summed E-state index contributed by atoms with van der Waals surface area (Å²) in [5.74, 6) is 1.46. The Morgan fingerprint density at radius 2 is 1.58 bits per heavy atom. The fourth-order valence-corrected chi connectivity index (χ4v) is 5.44. The van der Waals surface area contributed by atoms with Gasteiger partial charge in [-0.25, -0.2) is 0 Å². The van der Waals surface area contributed by atoms with Gasteiger partial charge in [0.15, 0.2) is 0 Å². The van der Waals surface area contributed by atoms with E-state index in [1.165, 1.54) is 11.1 Å². The molecule has 0 bridgehead atoms. The lowest BCUT2D eigenvalue weighted by Crippen LogP contribution is -2.40. The molecule has 0 spiro atoms. The minimum atomic E-state index is -0.0638. The molecule has 1 aliphatic heterocycles. The van der Waals surface area contributed by atoms with Crippen molar-refractivity contribution in [1.82, 2.24) is 19.7 Å². The highest BCUT2D eigenvalue weighted by molar-refractivity contribution is 5.76. The number of ether oxygens (including phenoxy) is 1. The van der Waals surface area contributed by atoms with Crippen LogP contribution in [0.4, 0.5) is 0 Å². The standard InChI is InChI=1S/C32H44N4O2/c1-21-17-22(2)36(34-21)20-29(37)35-15-13-23(14-16-35)27-11-10-12-28(33-27)24-18-25(31(3,4)5)30(38-9)26(19-24)32(6,7)8/h10-12,17-19,23H,13-16,20H2,1-9H3. The van der Waals surface area contributed by atoms with Crippen molar-refractivity contribution in [2.75, 3.05) is 20.2 Å². The summed E-state index contributed by atoms with van der Waals surface area (Å²) in [5, 5.41) is 4.45. The quantitative estimate of drug-likeness (QED) is 0.385. The molecule has 204 valence electrons. The largest absolute Gasteiger partial charge is 0.496 e. The summed E-state index contributed by atoms with van der Waals surface area (Å²) in [6, 6.07) is 12.9. The minimum Gasteiger partial charge on any atom is -0.496 e. The Morgan fingerprint density at radius 3 is 2.08 bits per heavy atom. The Kier molecular flexibility index (Phi) is 7.74. The first kappa shape index (κ1) is 27.9. The number of carbonyl (C=O) groups excluding carboxylic acids is 1. The summed E-state index contributed by atoms with van der Waals surface area (Å²) in [4.78, 5) is 20.1. The maximum absolute atomic E-state index is 12.9. The van der Waals surface area contributed by atoms with E-state index in [1.54, 1.807) is 11.8 Å². The molecule has 1 amide bonds. The number of likely N-dealkylation sites (tertiary alicyclic amines) is 1. The Morgan fingerprint density at radius 1 is 0.974 bits per heavy atom. The molecule has 0 saturated carbocycles. The number of nitrogens with zero attached hydrogens (tertiary/aromatic N) is 4. The maximum Gasteiger partial charge on any atom is 0.244 e. The van der Waals surface area contributed by atoms with Gasteiger partial charge in [0.1, 0.15) is 12.3 Å². The second kappa shape index (κ2) is 10.5. The SMILES string of the molecule is COc1c(C(C)(C)C)cc(-c2cccc(C3CCN(C(=O)Cn4nc(C)cc4C)CC3)n2)cc1C(C)(C)C. The third kappa shape index (κ3) is 5.95. The van der Waals surface area contributed by atoms with Crippen LogP contribution >= 0.6 is 0 Å². The molecule has 0 atom stereocenters. The van der Waals surface area contributed by atoms with Gasteiger partial charge in [0.05, 0.1) is 18.5 Å². The summed E-state index contributed by atoms with van der Waals surface area (Å²) < 4.78 is 7.76. The van der Waals surface area contributed by atoms with E-state index in [0.717, 1.165) is 60.0 Å². The molecular formula is C32H44N4O2. The second-order valence-electron chi connectivity index (χ2n) is 12.8. The van der Waals surface area contributed by atoms with E-state index in [-0.39, 0.29) is 16.7 Å². The number of benzene rings is 1. The molecule has 6 nitrogen and oxygen atoms in total. The summed E-state index contributed by atoms with van der Waals surface area (Å²) >= 11 is 0. The zero-order valence-electron chi connectivity index (χ0n) is 24.7. The number of amides is 1. The van der Waals surface area contributed by atoms with Gasteiger partial charge in [-0.3, -0.25) is 14.5 Å². The first-order chi connectivity index (χ1) is 17.8. The number of hydrogen-bond acceptors (Lipinski definition) is 4. The van der Waals surface area contributed by atoms with Gasteiger partial charge in [0.25, 0.3) is 0 Å². The van der Waals surface area contributed by atoms with Crippen LogP contribution in [-0.2, 0) is 22.2 Å². The molecule has 1 saturated heterocycles. The number of pyridine rings is 1. The zero-order valence-corrected chi connectivity index (χ0v) is 24.7. The number of aryl methyl sites for hydroxylation is 2. The van der Waals surface area contributed by atoms with Crippen LogP contribution in [0.25, 0.3) is 11.3 Å². The van der Waals surface area contributed by atoms with Crippen LogP contribution < -0.4 is 4.74 Å². The van der Waals surface area contributed by atoms with E-state index in [4.69, 9.17) is 9.72 Å². The highest BCUT2D eigenvalue weighted by Gasteiger charge is 2.29. The van der Waals surface area contributed by atoms with Crippen LogP contribution in [0.3, 0.4) is 0 Å². The molecule has 2 aromatic heterocycles. The van der Waals surface area contributed by atoms with E-state index in [0.29, 0.717) is 12.5 Å². The second-order valence-corrected chi connectivity index (χ2v) is 12.8. The average molecular weight is 517 g/mol. The fourth-order valence-electron chi connectivity index (χ4n) is 5.44. The van der Waals surface area contributed by atoms with Gasteiger partial charge in [-0.1, -0.05) is 47.6 Å².